The highest BCUT2D eigenvalue weighted by Gasteiger charge is 2.08. The zero-order valence-corrected chi connectivity index (χ0v) is 7.06. The third kappa shape index (κ3) is 1.64. The molecule has 1 heterocycles. The molecule has 0 aliphatic rings. The number of carbonyl (C=O) groups is 1. The Kier molecular flexibility index (Phi) is 2.36. The second kappa shape index (κ2) is 3.11. The maximum Gasteiger partial charge on any atom is 0.218 e. The van der Waals surface area contributed by atoms with Gasteiger partial charge in [0, 0.05) is 6.20 Å². The van der Waals surface area contributed by atoms with Crippen LogP contribution in [0.1, 0.15) is 10.4 Å². The summed E-state index contributed by atoms with van der Waals surface area (Å²) in [5.74, 6) is 0.145. The van der Waals surface area contributed by atoms with Crippen molar-refractivity contribution < 1.29 is 4.79 Å². The number of halogens is 1. The Morgan fingerprint density at radius 2 is 2.36 bits per heavy atom. The number of anilines is 1. The van der Waals surface area contributed by atoms with E-state index in [0.29, 0.717) is 0 Å². The summed E-state index contributed by atoms with van der Waals surface area (Å²) in [6.45, 7) is 0. The number of thiol groups is 1. The van der Waals surface area contributed by atoms with E-state index in [1.165, 1.54) is 12.3 Å². The van der Waals surface area contributed by atoms with Crippen molar-refractivity contribution in [2.75, 3.05) is 5.73 Å². The lowest BCUT2D eigenvalue weighted by Gasteiger charge is -1.99. The van der Waals surface area contributed by atoms with Crippen molar-refractivity contribution in [2.24, 2.45) is 0 Å². The van der Waals surface area contributed by atoms with Crippen molar-refractivity contribution in [2.45, 2.75) is 0 Å². The van der Waals surface area contributed by atoms with E-state index in [0.717, 1.165) is 0 Å². The largest absolute Gasteiger partial charge is 0.382 e. The average molecular weight is 189 g/mol. The first-order valence-corrected chi connectivity index (χ1v) is 3.58. The van der Waals surface area contributed by atoms with E-state index in [1.807, 2.05) is 0 Å². The summed E-state index contributed by atoms with van der Waals surface area (Å²) in [5, 5.41) is -0.253. The molecule has 0 saturated heterocycles. The molecule has 0 bridgehead atoms. The van der Waals surface area contributed by atoms with Crippen molar-refractivity contribution in [3.8, 4) is 0 Å². The highest BCUT2D eigenvalue weighted by atomic mass is 35.5. The lowest BCUT2D eigenvalue weighted by atomic mass is 10.3. The number of carbonyl (C=O) groups excluding carboxylic acids is 1. The van der Waals surface area contributed by atoms with Crippen LogP contribution >= 0.6 is 24.2 Å². The van der Waals surface area contributed by atoms with Crippen LogP contribution in [0, 0.1) is 0 Å². The molecule has 0 atom stereocenters. The third-order valence-corrected chi connectivity index (χ3v) is 1.78. The Morgan fingerprint density at radius 3 is 2.82 bits per heavy atom. The van der Waals surface area contributed by atoms with Gasteiger partial charge in [-0.05, 0) is 6.07 Å². The van der Waals surface area contributed by atoms with Crippen LogP contribution in [0.3, 0.4) is 0 Å². The Hall–Kier alpha value is -0.740. The van der Waals surface area contributed by atoms with Gasteiger partial charge >= 0.3 is 0 Å². The molecule has 1 aromatic heterocycles. The van der Waals surface area contributed by atoms with Crippen molar-refractivity contribution in [1.82, 2.24) is 4.98 Å². The van der Waals surface area contributed by atoms with Gasteiger partial charge in [0.15, 0.2) is 0 Å². The van der Waals surface area contributed by atoms with Crippen molar-refractivity contribution in [1.29, 1.82) is 0 Å². The highest BCUT2D eigenvalue weighted by molar-refractivity contribution is 7.97. The van der Waals surface area contributed by atoms with Crippen molar-refractivity contribution in [3.05, 3.63) is 22.8 Å². The molecule has 1 aromatic rings. The van der Waals surface area contributed by atoms with Gasteiger partial charge in [-0.15, -0.1) is 12.6 Å². The molecule has 0 spiro atoms. The molecule has 0 aliphatic carbocycles. The van der Waals surface area contributed by atoms with Crippen LogP contribution in [0.2, 0.25) is 5.02 Å². The standard InChI is InChI=1S/C6H5ClN2OS/c7-4-3(6(10)11)1-2-9-5(4)8/h1-2H,(H2,8,9)(H,10,11). The second-order valence-corrected chi connectivity index (χ2v) is 2.65. The maximum atomic E-state index is 10.7. The first kappa shape index (κ1) is 8.36. The van der Waals surface area contributed by atoms with Crippen LogP contribution in [0.4, 0.5) is 5.82 Å². The number of nitrogens with zero attached hydrogens (tertiary/aromatic N) is 1. The van der Waals surface area contributed by atoms with Gasteiger partial charge in [-0.25, -0.2) is 4.98 Å². The minimum atomic E-state index is -0.413. The number of hydrogen-bond donors (Lipinski definition) is 2. The molecule has 0 amide bonds. The molecule has 0 aliphatic heterocycles. The van der Waals surface area contributed by atoms with Crippen molar-refractivity contribution in [3.63, 3.8) is 0 Å². The van der Waals surface area contributed by atoms with Gasteiger partial charge in [-0.3, -0.25) is 4.79 Å². The summed E-state index contributed by atoms with van der Waals surface area (Å²) in [6, 6.07) is 1.47. The van der Waals surface area contributed by atoms with Crippen LogP contribution in [0.25, 0.3) is 0 Å². The predicted molar refractivity (Wildman–Crippen MR) is 47.0 cm³/mol. The monoisotopic (exact) mass is 188 g/mol. The number of aromatic nitrogens is 1. The molecule has 1 rings (SSSR count). The summed E-state index contributed by atoms with van der Waals surface area (Å²) < 4.78 is 0. The number of hydrogen-bond acceptors (Lipinski definition) is 3. The SMILES string of the molecule is Nc1nccc(C(=O)S)c1Cl. The molecule has 58 valence electrons. The van der Waals surface area contributed by atoms with E-state index < -0.39 is 5.12 Å². The Labute approximate surface area is 74.0 Å². The van der Waals surface area contributed by atoms with Gasteiger partial charge in [0.2, 0.25) is 5.12 Å². The van der Waals surface area contributed by atoms with Gasteiger partial charge in [-0.1, -0.05) is 11.6 Å². The van der Waals surface area contributed by atoms with Crippen LogP contribution in [-0.4, -0.2) is 10.1 Å². The smallest absolute Gasteiger partial charge is 0.218 e. The summed E-state index contributed by atoms with van der Waals surface area (Å²) in [4.78, 5) is 14.4. The van der Waals surface area contributed by atoms with Crippen molar-refractivity contribution >= 4 is 35.2 Å². The number of nitrogen functional groups attached to an aromatic ring is 1. The minimum absolute atomic E-state index is 0.145. The topological polar surface area (TPSA) is 56.0 Å². The zero-order chi connectivity index (χ0) is 8.43. The van der Waals surface area contributed by atoms with Gasteiger partial charge in [0.25, 0.3) is 0 Å². The first-order chi connectivity index (χ1) is 5.13. The quantitative estimate of drug-likeness (QED) is 0.655. The molecule has 0 unspecified atom stereocenters. The fraction of sp³-hybridized carbons (Fsp3) is 0. The summed E-state index contributed by atoms with van der Waals surface area (Å²) in [5.41, 5.74) is 5.61. The summed E-state index contributed by atoms with van der Waals surface area (Å²) in [6.07, 6.45) is 1.41. The molecular formula is C6H5ClN2OS. The lowest BCUT2D eigenvalue weighted by Crippen LogP contribution is -1.97. The molecule has 0 aromatic carbocycles. The second-order valence-electron chi connectivity index (χ2n) is 1.86. The first-order valence-electron chi connectivity index (χ1n) is 2.76. The van der Waals surface area contributed by atoms with Crippen LogP contribution in [0.15, 0.2) is 12.3 Å². The predicted octanol–water partition coefficient (Wildman–Crippen LogP) is 1.39. The molecule has 0 saturated carbocycles. The Morgan fingerprint density at radius 1 is 1.73 bits per heavy atom. The Balaban J connectivity index is 3.27. The van der Waals surface area contributed by atoms with Gasteiger partial charge in [0.1, 0.15) is 5.82 Å². The molecule has 2 N–H and O–H groups in total. The molecule has 11 heavy (non-hydrogen) atoms. The maximum absolute atomic E-state index is 10.7. The summed E-state index contributed by atoms with van der Waals surface area (Å²) >= 11 is 9.23. The summed E-state index contributed by atoms with van der Waals surface area (Å²) in [7, 11) is 0. The van der Waals surface area contributed by atoms with E-state index in [4.69, 9.17) is 17.3 Å². The number of pyridine rings is 1. The number of nitrogens with two attached hydrogens (primary N) is 1. The fourth-order valence-electron chi connectivity index (χ4n) is 0.625. The Bertz CT molecular complexity index is 303. The molecular weight excluding hydrogens is 184 g/mol. The van der Waals surface area contributed by atoms with Gasteiger partial charge in [-0.2, -0.15) is 0 Å². The number of rotatable bonds is 1. The fourth-order valence-corrected chi connectivity index (χ4v) is 1.07. The molecule has 0 fully saturated rings. The average Bonchev–Trinajstić information content (AvgIpc) is 1.94. The van der Waals surface area contributed by atoms with Crippen LogP contribution in [0.5, 0.6) is 0 Å². The zero-order valence-electron chi connectivity index (χ0n) is 5.41. The third-order valence-electron chi connectivity index (χ3n) is 1.15. The van der Waals surface area contributed by atoms with E-state index in [1.54, 1.807) is 0 Å². The van der Waals surface area contributed by atoms with E-state index in [2.05, 4.69) is 17.6 Å². The molecule has 0 radical (unpaired) electrons. The van der Waals surface area contributed by atoms with E-state index in [9.17, 15) is 4.79 Å². The van der Waals surface area contributed by atoms with E-state index >= 15 is 0 Å². The van der Waals surface area contributed by atoms with Crippen LogP contribution < -0.4 is 5.73 Å². The molecule has 5 heteroatoms. The van der Waals surface area contributed by atoms with Gasteiger partial charge in [0.05, 0.1) is 10.6 Å². The van der Waals surface area contributed by atoms with Gasteiger partial charge < -0.3 is 5.73 Å². The highest BCUT2D eigenvalue weighted by Crippen LogP contribution is 2.21. The minimum Gasteiger partial charge on any atom is -0.382 e. The van der Waals surface area contributed by atoms with E-state index in [-0.39, 0.29) is 16.4 Å². The van der Waals surface area contributed by atoms with Crippen LogP contribution in [-0.2, 0) is 0 Å². The normalized spacial score (nSPS) is 9.64. The molecule has 3 nitrogen and oxygen atoms in total. The lowest BCUT2D eigenvalue weighted by molar-refractivity contribution is 0.109.